The van der Waals surface area contributed by atoms with Crippen LogP contribution in [0.2, 0.25) is 0 Å². The molecule has 0 amide bonds. The molecule has 0 aliphatic carbocycles. The molecule has 0 aromatic heterocycles. The second kappa shape index (κ2) is 7.67. The molecule has 22 heavy (non-hydrogen) atoms. The molecule has 1 rings (SSSR count). The van der Waals surface area contributed by atoms with Gasteiger partial charge in [-0.05, 0) is 46.9 Å². The average Bonchev–Trinajstić information content (AvgIpc) is 2.33. The molecule has 0 saturated carbocycles. The van der Waals surface area contributed by atoms with Crippen LogP contribution in [0.15, 0.2) is 12.1 Å². The van der Waals surface area contributed by atoms with Crippen LogP contribution in [-0.4, -0.2) is 11.7 Å². The van der Waals surface area contributed by atoms with Gasteiger partial charge in [-0.15, -0.1) is 12.4 Å². The summed E-state index contributed by atoms with van der Waals surface area (Å²) in [4.78, 5) is 0. The van der Waals surface area contributed by atoms with Gasteiger partial charge in [0.05, 0.1) is 0 Å². The van der Waals surface area contributed by atoms with Gasteiger partial charge in [0, 0.05) is 6.04 Å². The Balaban J connectivity index is 0.00000441. The Labute approximate surface area is 141 Å². The van der Waals surface area contributed by atoms with Crippen LogP contribution in [0.1, 0.15) is 77.1 Å². The van der Waals surface area contributed by atoms with E-state index in [-0.39, 0.29) is 29.3 Å². The van der Waals surface area contributed by atoms with Crippen molar-refractivity contribution in [2.24, 2.45) is 11.5 Å². The van der Waals surface area contributed by atoms with Gasteiger partial charge >= 0.3 is 0 Å². The van der Waals surface area contributed by atoms with Crippen molar-refractivity contribution in [2.75, 3.05) is 6.54 Å². The Morgan fingerprint density at radius 2 is 1.41 bits per heavy atom. The Kier molecular flexibility index (Phi) is 7.40. The lowest BCUT2D eigenvalue weighted by Crippen LogP contribution is -2.20. The molecule has 1 atom stereocenters. The number of rotatable bonds is 4. The van der Waals surface area contributed by atoms with Gasteiger partial charge in [-0.3, -0.25) is 0 Å². The summed E-state index contributed by atoms with van der Waals surface area (Å²) in [5, 5.41) is 10.7. The van der Waals surface area contributed by atoms with Crippen molar-refractivity contribution in [3.63, 3.8) is 0 Å². The molecule has 0 heterocycles. The molecule has 0 radical (unpaired) electrons. The molecular formula is C18H33ClN2O. The van der Waals surface area contributed by atoms with E-state index < -0.39 is 0 Å². The van der Waals surface area contributed by atoms with E-state index in [1.807, 2.05) is 0 Å². The van der Waals surface area contributed by atoms with Crippen molar-refractivity contribution in [3.05, 3.63) is 28.8 Å². The summed E-state index contributed by atoms with van der Waals surface area (Å²) in [5.74, 6) is 0.407. The predicted octanol–water partition coefficient (Wildman–Crippen LogP) is 4.15. The molecular weight excluding hydrogens is 296 g/mol. The highest BCUT2D eigenvalue weighted by atomic mass is 35.5. The average molecular weight is 329 g/mol. The summed E-state index contributed by atoms with van der Waals surface area (Å²) in [6.45, 7) is 13.3. The Morgan fingerprint density at radius 1 is 1.00 bits per heavy atom. The lowest BCUT2D eigenvalue weighted by Gasteiger charge is -2.29. The molecule has 1 aromatic rings. The van der Waals surface area contributed by atoms with Gasteiger partial charge in [0.25, 0.3) is 0 Å². The van der Waals surface area contributed by atoms with Crippen LogP contribution in [0.5, 0.6) is 5.75 Å². The summed E-state index contributed by atoms with van der Waals surface area (Å²) in [6.07, 6.45) is 1.78. The molecule has 0 aliphatic rings. The number of aromatic hydroxyl groups is 1. The summed E-state index contributed by atoms with van der Waals surface area (Å²) >= 11 is 0. The lowest BCUT2D eigenvalue weighted by atomic mass is 9.77. The van der Waals surface area contributed by atoms with E-state index >= 15 is 0 Å². The van der Waals surface area contributed by atoms with E-state index in [0.29, 0.717) is 12.3 Å². The van der Waals surface area contributed by atoms with Crippen LogP contribution in [-0.2, 0) is 10.8 Å². The maximum atomic E-state index is 10.7. The van der Waals surface area contributed by atoms with Crippen LogP contribution in [0, 0.1) is 0 Å². The highest BCUT2D eigenvalue weighted by Crippen LogP contribution is 2.40. The maximum Gasteiger partial charge on any atom is 0.123 e. The predicted molar refractivity (Wildman–Crippen MR) is 98.0 cm³/mol. The van der Waals surface area contributed by atoms with Crippen molar-refractivity contribution in [3.8, 4) is 5.75 Å². The topological polar surface area (TPSA) is 72.3 Å². The third-order valence-corrected chi connectivity index (χ3v) is 3.90. The van der Waals surface area contributed by atoms with Crippen molar-refractivity contribution >= 4 is 12.4 Å². The molecule has 1 aromatic carbocycles. The fraction of sp³-hybridized carbons (Fsp3) is 0.667. The van der Waals surface area contributed by atoms with E-state index in [9.17, 15) is 5.11 Å². The number of phenolic OH excluding ortho intramolecular Hbond substituents is 1. The van der Waals surface area contributed by atoms with Crippen molar-refractivity contribution < 1.29 is 5.11 Å². The minimum absolute atomic E-state index is 0. The zero-order valence-electron chi connectivity index (χ0n) is 14.9. The Hall–Kier alpha value is -0.770. The van der Waals surface area contributed by atoms with Gasteiger partial charge in [0.2, 0.25) is 0 Å². The van der Waals surface area contributed by atoms with Crippen LogP contribution in [0.4, 0.5) is 0 Å². The van der Waals surface area contributed by atoms with E-state index in [2.05, 4.69) is 53.7 Å². The normalized spacial score (nSPS) is 13.6. The minimum Gasteiger partial charge on any atom is -0.507 e. The van der Waals surface area contributed by atoms with E-state index in [4.69, 9.17) is 11.5 Å². The summed E-state index contributed by atoms with van der Waals surface area (Å²) < 4.78 is 0. The molecule has 4 heteroatoms. The molecule has 3 nitrogen and oxygen atoms in total. The number of hydrogen-bond acceptors (Lipinski definition) is 3. The monoisotopic (exact) mass is 328 g/mol. The fourth-order valence-corrected chi connectivity index (χ4v) is 2.52. The molecule has 0 saturated heterocycles. The number of nitrogens with two attached hydrogens (primary N) is 2. The first kappa shape index (κ1) is 21.2. The first-order valence-corrected chi connectivity index (χ1v) is 7.82. The quantitative estimate of drug-likeness (QED) is 0.777. The second-order valence-corrected chi connectivity index (χ2v) is 8.00. The highest BCUT2D eigenvalue weighted by Gasteiger charge is 2.27. The zero-order valence-corrected chi connectivity index (χ0v) is 15.7. The van der Waals surface area contributed by atoms with Crippen molar-refractivity contribution in [1.29, 1.82) is 0 Å². The van der Waals surface area contributed by atoms with Gasteiger partial charge in [-0.2, -0.15) is 0 Å². The first-order chi connectivity index (χ1) is 9.48. The van der Waals surface area contributed by atoms with Gasteiger partial charge < -0.3 is 16.6 Å². The van der Waals surface area contributed by atoms with Gasteiger partial charge in [-0.25, -0.2) is 0 Å². The minimum atomic E-state index is -0.117. The molecule has 5 N–H and O–H groups in total. The maximum absolute atomic E-state index is 10.7. The Bertz CT molecular complexity index is 452. The van der Waals surface area contributed by atoms with Gasteiger partial charge in [0.15, 0.2) is 0 Å². The van der Waals surface area contributed by atoms with E-state index in [1.54, 1.807) is 0 Å². The number of phenols is 1. The summed E-state index contributed by atoms with van der Waals surface area (Å²) in [5.41, 5.74) is 14.7. The summed E-state index contributed by atoms with van der Waals surface area (Å²) in [7, 11) is 0. The summed E-state index contributed by atoms with van der Waals surface area (Å²) in [6, 6.07) is 4.09. The number of hydrogen-bond donors (Lipinski definition) is 3. The largest absolute Gasteiger partial charge is 0.507 e. The van der Waals surface area contributed by atoms with Crippen LogP contribution < -0.4 is 11.5 Å². The standard InChI is InChI=1S/C18H32N2O.ClH/c1-17(2,3)13-10-12(15(20)8-7-9-19)11-14(16(13)21)18(4,5)6;/h10-11,15,21H,7-9,19-20H2,1-6H3;1H/t15-;/m0./s1. The molecule has 0 fully saturated rings. The molecule has 0 aliphatic heterocycles. The van der Waals surface area contributed by atoms with E-state index in [1.165, 1.54) is 0 Å². The number of benzene rings is 1. The zero-order chi connectivity index (χ0) is 16.4. The molecule has 0 unspecified atom stereocenters. The second-order valence-electron chi connectivity index (χ2n) is 8.00. The molecule has 0 spiro atoms. The van der Waals surface area contributed by atoms with Crippen molar-refractivity contribution in [2.45, 2.75) is 71.3 Å². The Morgan fingerprint density at radius 3 is 1.73 bits per heavy atom. The lowest BCUT2D eigenvalue weighted by molar-refractivity contribution is 0.422. The number of halogens is 1. The van der Waals surface area contributed by atoms with Crippen LogP contribution in [0.25, 0.3) is 0 Å². The fourth-order valence-electron chi connectivity index (χ4n) is 2.52. The van der Waals surface area contributed by atoms with E-state index in [0.717, 1.165) is 29.5 Å². The first-order valence-electron chi connectivity index (χ1n) is 7.82. The molecule has 128 valence electrons. The highest BCUT2D eigenvalue weighted by molar-refractivity contribution is 5.85. The third-order valence-electron chi connectivity index (χ3n) is 3.90. The molecule has 0 bridgehead atoms. The smallest absolute Gasteiger partial charge is 0.123 e. The third kappa shape index (κ3) is 5.15. The van der Waals surface area contributed by atoms with Gasteiger partial charge in [-0.1, -0.05) is 53.7 Å². The SMILES string of the molecule is CC(C)(C)c1cc([C@@H](N)CCCN)cc(C(C)(C)C)c1O.Cl. The van der Waals surface area contributed by atoms with Crippen LogP contribution >= 0.6 is 12.4 Å². The van der Waals surface area contributed by atoms with Crippen molar-refractivity contribution in [1.82, 2.24) is 0 Å². The van der Waals surface area contributed by atoms with Crippen LogP contribution in [0.3, 0.4) is 0 Å². The van der Waals surface area contributed by atoms with Gasteiger partial charge in [0.1, 0.15) is 5.75 Å².